The number of hydrogen-bond acceptors (Lipinski definition) is 7. The summed E-state index contributed by atoms with van der Waals surface area (Å²) in [6, 6.07) is 0. The van der Waals surface area contributed by atoms with Crippen molar-refractivity contribution >= 4 is 17.9 Å². The number of carbonyl (C=O) groups excluding carboxylic acids is 2. The standard InChI is InChI=1S/C64H115NO8/c1-6-8-10-12-14-16-18-20-22-24-26-28-30-31-33-34-36-38-40-42-44-46-48-50-52-54-61(66)71-58-60(59-72-64(63(68)69)70-57-56-65(3,4)5)73-62(67)55-53-51-49-47-45-43-41-39-37-35-32-29-27-25-23-21-19-17-15-13-11-9-7-2/h9,11,15,17,21,23-24,26-27,29,60,64H,6-8,10,12-14,16,18-20,22,25,28,30-59H2,1-5H3/p+1/b11-9-,17-15-,23-21-,26-24-,29-27-. The molecule has 0 aliphatic heterocycles. The van der Waals surface area contributed by atoms with Crippen molar-refractivity contribution in [1.82, 2.24) is 0 Å². The smallest absolute Gasteiger partial charge is 0.361 e. The summed E-state index contributed by atoms with van der Waals surface area (Å²) in [4.78, 5) is 37.5. The van der Waals surface area contributed by atoms with E-state index in [-0.39, 0.29) is 32.2 Å². The second-order valence-corrected chi connectivity index (χ2v) is 21.6. The van der Waals surface area contributed by atoms with Crippen LogP contribution in [0.4, 0.5) is 0 Å². The van der Waals surface area contributed by atoms with E-state index >= 15 is 0 Å². The molecule has 0 spiro atoms. The number of rotatable bonds is 56. The van der Waals surface area contributed by atoms with Gasteiger partial charge in [0.05, 0.1) is 34.4 Å². The third kappa shape index (κ3) is 56.6. The lowest BCUT2D eigenvalue weighted by Gasteiger charge is -2.25. The molecule has 424 valence electrons. The van der Waals surface area contributed by atoms with Gasteiger partial charge in [-0.25, -0.2) is 4.79 Å². The molecular weight excluding hydrogens is 911 g/mol. The Balaban J connectivity index is 4.21. The average molecular weight is 1030 g/mol. The van der Waals surface area contributed by atoms with E-state index in [1.807, 2.05) is 21.1 Å². The van der Waals surface area contributed by atoms with Crippen LogP contribution in [0.25, 0.3) is 0 Å². The molecule has 0 aliphatic carbocycles. The van der Waals surface area contributed by atoms with E-state index in [4.69, 9.17) is 18.9 Å². The molecule has 0 saturated heterocycles. The third-order valence-electron chi connectivity index (χ3n) is 13.3. The Morgan fingerprint density at radius 3 is 1.18 bits per heavy atom. The van der Waals surface area contributed by atoms with Crippen molar-refractivity contribution in [1.29, 1.82) is 0 Å². The second-order valence-electron chi connectivity index (χ2n) is 21.6. The molecule has 2 atom stereocenters. The molecule has 2 unspecified atom stereocenters. The number of nitrogens with zero attached hydrogens (tertiary/aromatic N) is 1. The molecule has 0 bridgehead atoms. The number of carbonyl (C=O) groups is 3. The summed E-state index contributed by atoms with van der Waals surface area (Å²) in [6.45, 7) is 4.79. The Morgan fingerprint density at radius 1 is 0.425 bits per heavy atom. The van der Waals surface area contributed by atoms with E-state index in [1.54, 1.807) is 0 Å². The number of carboxylic acids is 1. The van der Waals surface area contributed by atoms with Gasteiger partial charge in [0.25, 0.3) is 6.29 Å². The number of quaternary nitrogens is 1. The molecule has 0 amide bonds. The van der Waals surface area contributed by atoms with Crippen LogP contribution in [0.3, 0.4) is 0 Å². The highest BCUT2D eigenvalue weighted by atomic mass is 16.7. The molecule has 9 nitrogen and oxygen atoms in total. The van der Waals surface area contributed by atoms with E-state index in [9.17, 15) is 19.5 Å². The minimum atomic E-state index is -1.51. The number of aliphatic carboxylic acids is 1. The van der Waals surface area contributed by atoms with E-state index in [0.717, 1.165) is 70.6 Å². The number of unbranched alkanes of at least 4 members (excludes halogenated alkanes) is 31. The predicted octanol–water partition coefficient (Wildman–Crippen LogP) is 18.0. The zero-order valence-electron chi connectivity index (χ0n) is 48.3. The van der Waals surface area contributed by atoms with Crippen LogP contribution in [0, 0.1) is 0 Å². The molecule has 0 aliphatic rings. The fourth-order valence-corrected chi connectivity index (χ4v) is 8.59. The Kier molecular flexibility index (Phi) is 53.0. The molecule has 0 radical (unpaired) electrons. The van der Waals surface area contributed by atoms with Crippen LogP contribution >= 0.6 is 0 Å². The Bertz CT molecular complexity index is 1380. The van der Waals surface area contributed by atoms with Crippen molar-refractivity contribution in [3.05, 3.63) is 60.8 Å². The van der Waals surface area contributed by atoms with E-state index in [1.165, 1.54) is 167 Å². The maximum absolute atomic E-state index is 12.9. The number of allylic oxidation sites excluding steroid dienone is 10. The van der Waals surface area contributed by atoms with Gasteiger partial charge in [0.1, 0.15) is 13.2 Å². The summed E-state index contributed by atoms with van der Waals surface area (Å²) in [5.41, 5.74) is 0. The second kappa shape index (κ2) is 55.2. The van der Waals surface area contributed by atoms with Gasteiger partial charge in [0, 0.05) is 12.8 Å². The number of ether oxygens (including phenoxy) is 4. The third-order valence-corrected chi connectivity index (χ3v) is 13.3. The van der Waals surface area contributed by atoms with Crippen LogP contribution in [0.1, 0.15) is 271 Å². The molecule has 0 aromatic heterocycles. The van der Waals surface area contributed by atoms with Gasteiger partial charge in [-0.05, 0) is 77.0 Å². The van der Waals surface area contributed by atoms with Gasteiger partial charge in [-0.15, -0.1) is 0 Å². The van der Waals surface area contributed by atoms with Gasteiger partial charge < -0.3 is 28.5 Å². The first-order valence-electron chi connectivity index (χ1n) is 30.5. The van der Waals surface area contributed by atoms with Crippen LogP contribution in [0.15, 0.2) is 60.8 Å². The van der Waals surface area contributed by atoms with Gasteiger partial charge in [-0.3, -0.25) is 9.59 Å². The van der Waals surface area contributed by atoms with Crippen molar-refractivity contribution in [2.24, 2.45) is 0 Å². The highest BCUT2D eigenvalue weighted by Gasteiger charge is 2.25. The molecule has 0 aromatic rings. The molecule has 0 fully saturated rings. The predicted molar refractivity (Wildman–Crippen MR) is 309 cm³/mol. The lowest BCUT2D eigenvalue weighted by molar-refractivity contribution is -0.870. The minimum absolute atomic E-state index is 0.184. The minimum Gasteiger partial charge on any atom is -0.477 e. The summed E-state index contributed by atoms with van der Waals surface area (Å²) in [5, 5.41) is 9.71. The van der Waals surface area contributed by atoms with Crippen LogP contribution < -0.4 is 0 Å². The highest BCUT2D eigenvalue weighted by Crippen LogP contribution is 2.17. The topological polar surface area (TPSA) is 108 Å². The maximum Gasteiger partial charge on any atom is 0.361 e. The first kappa shape index (κ1) is 70.0. The van der Waals surface area contributed by atoms with Gasteiger partial charge in [-0.1, -0.05) is 242 Å². The molecule has 9 heteroatoms. The zero-order valence-corrected chi connectivity index (χ0v) is 48.3. The lowest BCUT2D eigenvalue weighted by Crippen LogP contribution is -2.40. The SMILES string of the molecule is CC/C=C\C/C=C\C/C=C\C/C=C\CCCCCCCCCCCCC(=O)OC(COC(=O)CCCCCCCCCCCCCCC/C=C\CCCCCCCCCC)COC(OCC[N+](C)(C)C)C(=O)O. The van der Waals surface area contributed by atoms with Crippen LogP contribution in [-0.4, -0.2) is 87.4 Å². The number of carboxylic acid groups (broad SMARTS) is 1. The van der Waals surface area contributed by atoms with Gasteiger partial charge in [-0.2, -0.15) is 0 Å². The Hall–Kier alpha value is -3.01. The average Bonchev–Trinajstić information content (AvgIpc) is 3.36. The molecule has 1 N–H and O–H groups in total. The molecular formula is C64H116NO8+. The van der Waals surface area contributed by atoms with Gasteiger partial charge >= 0.3 is 17.9 Å². The van der Waals surface area contributed by atoms with Gasteiger partial charge in [0.2, 0.25) is 0 Å². The fourth-order valence-electron chi connectivity index (χ4n) is 8.59. The molecule has 0 heterocycles. The summed E-state index contributed by atoms with van der Waals surface area (Å²) < 4.78 is 22.9. The van der Waals surface area contributed by atoms with Gasteiger partial charge in [0.15, 0.2) is 6.10 Å². The molecule has 73 heavy (non-hydrogen) atoms. The highest BCUT2D eigenvalue weighted by molar-refractivity contribution is 5.71. The Morgan fingerprint density at radius 2 is 0.781 bits per heavy atom. The van der Waals surface area contributed by atoms with Crippen molar-refractivity contribution < 1.29 is 42.9 Å². The number of hydrogen-bond donors (Lipinski definition) is 1. The number of esters is 2. The first-order valence-corrected chi connectivity index (χ1v) is 30.5. The van der Waals surface area contributed by atoms with Crippen LogP contribution in [0.5, 0.6) is 0 Å². The van der Waals surface area contributed by atoms with Crippen molar-refractivity contribution in [3.8, 4) is 0 Å². The maximum atomic E-state index is 12.9. The van der Waals surface area contributed by atoms with Crippen molar-refractivity contribution in [3.63, 3.8) is 0 Å². The number of likely N-dealkylation sites (N-methyl/N-ethyl adjacent to an activating group) is 1. The van der Waals surface area contributed by atoms with Crippen molar-refractivity contribution in [2.75, 3.05) is 47.5 Å². The van der Waals surface area contributed by atoms with E-state index in [2.05, 4.69) is 74.6 Å². The van der Waals surface area contributed by atoms with Crippen LogP contribution in [-0.2, 0) is 33.3 Å². The molecule has 0 saturated carbocycles. The summed E-state index contributed by atoms with van der Waals surface area (Å²) in [5.74, 6) is -2.00. The fraction of sp³-hybridized carbons (Fsp3) is 0.797. The lowest BCUT2D eigenvalue weighted by atomic mass is 10.0. The van der Waals surface area contributed by atoms with E-state index < -0.39 is 24.3 Å². The summed E-state index contributed by atoms with van der Waals surface area (Å²) in [6.07, 6.45) is 67.3. The quantitative estimate of drug-likeness (QED) is 0.0211. The zero-order chi connectivity index (χ0) is 53.4. The molecule has 0 aromatic carbocycles. The largest absolute Gasteiger partial charge is 0.477 e. The summed E-state index contributed by atoms with van der Waals surface area (Å²) in [7, 11) is 5.97. The van der Waals surface area contributed by atoms with E-state index in [0.29, 0.717) is 23.9 Å². The normalized spacial score (nSPS) is 13.2. The monoisotopic (exact) mass is 1030 g/mol. The first-order chi connectivity index (χ1) is 35.6. The molecule has 0 rings (SSSR count). The van der Waals surface area contributed by atoms with Crippen molar-refractivity contribution in [2.45, 2.75) is 283 Å². The van der Waals surface area contributed by atoms with Crippen LogP contribution in [0.2, 0.25) is 0 Å². The summed E-state index contributed by atoms with van der Waals surface area (Å²) >= 11 is 0. The Labute approximate surface area is 450 Å².